The number of nitrogens with zero attached hydrogens (tertiary/aromatic N) is 2. The molecule has 0 atom stereocenters. The summed E-state index contributed by atoms with van der Waals surface area (Å²) < 4.78 is 29.9. The molecule has 0 unspecified atom stereocenters. The van der Waals surface area contributed by atoms with Gasteiger partial charge in [0.05, 0.1) is 13.3 Å². The van der Waals surface area contributed by atoms with Crippen LogP contribution in [0.25, 0.3) is 0 Å². The highest BCUT2D eigenvalue weighted by molar-refractivity contribution is 7.86. The average molecular weight is 439 g/mol. The molecule has 3 rings (SSSR count). The summed E-state index contributed by atoms with van der Waals surface area (Å²) in [6, 6.07) is 9.02. The Kier molecular flexibility index (Phi) is 5.86. The molecule has 29 heavy (non-hydrogen) atoms. The summed E-state index contributed by atoms with van der Waals surface area (Å²) in [5.41, 5.74) is 1.00. The Morgan fingerprint density at radius 1 is 1.34 bits per heavy atom. The third-order valence-corrected chi connectivity index (χ3v) is 6.27. The number of benzene rings is 1. The fourth-order valence-electron chi connectivity index (χ4n) is 3.53. The molecule has 3 N–H and O–H groups in total. The van der Waals surface area contributed by atoms with Crippen LogP contribution >= 0.6 is 11.6 Å². The Morgan fingerprint density at radius 3 is 2.59 bits per heavy atom. The number of aromatic nitrogens is 1. The van der Waals surface area contributed by atoms with Gasteiger partial charge in [0.15, 0.2) is 0 Å². The zero-order valence-electron chi connectivity index (χ0n) is 16.3. The Bertz CT molecular complexity index is 1040. The molecular formula is C19H23ClN4O4S. The number of pyridine rings is 1. The molecule has 0 spiro atoms. The van der Waals surface area contributed by atoms with E-state index in [0.717, 1.165) is 15.4 Å². The minimum Gasteiger partial charge on any atom is -0.494 e. The minimum atomic E-state index is -3.90. The van der Waals surface area contributed by atoms with Crippen molar-refractivity contribution in [1.82, 2.24) is 9.29 Å². The molecular weight excluding hydrogens is 416 g/mol. The van der Waals surface area contributed by atoms with Crippen molar-refractivity contribution in [3.63, 3.8) is 0 Å². The lowest BCUT2D eigenvalue weighted by Gasteiger charge is -2.48. The molecule has 1 aromatic carbocycles. The fraction of sp³-hybridized carbons (Fsp3) is 0.368. The number of amides is 1. The lowest BCUT2D eigenvalue weighted by molar-refractivity contribution is -0.125. The first-order valence-electron chi connectivity index (χ1n) is 8.97. The van der Waals surface area contributed by atoms with Gasteiger partial charge in [0, 0.05) is 19.2 Å². The highest BCUT2D eigenvalue weighted by Gasteiger charge is 2.54. The van der Waals surface area contributed by atoms with Gasteiger partial charge in [-0.3, -0.25) is 4.79 Å². The monoisotopic (exact) mass is 438 g/mol. The number of halogens is 1. The number of nitrogens with one attached hydrogen (secondary N) is 1. The van der Waals surface area contributed by atoms with Gasteiger partial charge in [-0.1, -0.05) is 49.7 Å². The van der Waals surface area contributed by atoms with E-state index in [4.69, 9.17) is 21.5 Å². The zero-order chi connectivity index (χ0) is 21.4. The molecule has 1 aliphatic heterocycles. The van der Waals surface area contributed by atoms with E-state index in [0.29, 0.717) is 11.4 Å². The largest absolute Gasteiger partial charge is 0.494 e. The Balaban J connectivity index is 2.03. The number of hydrogen-bond acceptors (Lipinski definition) is 5. The van der Waals surface area contributed by atoms with Gasteiger partial charge in [0.25, 0.3) is 10.2 Å². The van der Waals surface area contributed by atoms with E-state index < -0.39 is 15.6 Å². The maximum atomic E-state index is 13.4. The zero-order valence-corrected chi connectivity index (χ0v) is 17.9. The first-order valence-corrected chi connectivity index (χ1v) is 10.8. The molecule has 1 saturated heterocycles. The van der Waals surface area contributed by atoms with Crippen LogP contribution in [0.3, 0.4) is 0 Å². The van der Waals surface area contributed by atoms with Crippen molar-refractivity contribution in [3.05, 3.63) is 52.8 Å². The van der Waals surface area contributed by atoms with Crippen molar-refractivity contribution < 1.29 is 17.9 Å². The second-order valence-electron chi connectivity index (χ2n) is 7.30. The van der Waals surface area contributed by atoms with Gasteiger partial charge in [-0.05, 0) is 17.0 Å². The normalized spacial score (nSPS) is 16.3. The van der Waals surface area contributed by atoms with E-state index in [2.05, 4.69) is 10.3 Å². The second-order valence-corrected chi connectivity index (χ2v) is 9.23. The van der Waals surface area contributed by atoms with Crippen LogP contribution in [0.15, 0.2) is 36.5 Å². The average Bonchev–Trinajstić information content (AvgIpc) is 2.61. The van der Waals surface area contributed by atoms with Crippen LogP contribution in [-0.2, 0) is 20.4 Å². The Morgan fingerprint density at radius 2 is 2.00 bits per heavy atom. The number of carbonyl (C=O) groups excluding carboxylic acids is 1. The Hall–Kier alpha value is -2.20. The molecule has 156 valence electrons. The van der Waals surface area contributed by atoms with E-state index in [-0.39, 0.29) is 30.1 Å². The number of hydrogen-bond donors (Lipinski definition) is 2. The van der Waals surface area contributed by atoms with Gasteiger partial charge in [-0.2, -0.15) is 12.7 Å². The van der Waals surface area contributed by atoms with Gasteiger partial charge >= 0.3 is 0 Å². The predicted molar refractivity (Wildman–Crippen MR) is 111 cm³/mol. The van der Waals surface area contributed by atoms with E-state index >= 15 is 0 Å². The van der Waals surface area contributed by atoms with Gasteiger partial charge in [-0.25, -0.2) is 10.1 Å². The number of nitrogens with two attached hydrogens (primary N) is 1. The van der Waals surface area contributed by atoms with Crippen LogP contribution in [0.4, 0.5) is 5.69 Å². The molecule has 1 amide bonds. The van der Waals surface area contributed by atoms with Crippen LogP contribution in [0.2, 0.25) is 5.15 Å². The van der Waals surface area contributed by atoms with Crippen molar-refractivity contribution >= 4 is 33.4 Å². The van der Waals surface area contributed by atoms with E-state index in [1.54, 1.807) is 0 Å². The molecule has 1 aromatic heterocycles. The SMILES string of the molecule is COc1cc(Cl)ncc1NC(=O)C1(c2ccccc2C(C)C)CN(S(N)(=O)=O)C1. The van der Waals surface area contributed by atoms with E-state index in [9.17, 15) is 13.2 Å². The molecule has 0 aliphatic carbocycles. The molecule has 0 saturated carbocycles. The smallest absolute Gasteiger partial charge is 0.276 e. The molecule has 2 aromatic rings. The summed E-state index contributed by atoms with van der Waals surface area (Å²) >= 11 is 5.89. The van der Waals surface area contributed by atoms with Crippen molar-refractivity contribution in [1.29, 1.82) is 0 Å². The third kappa shape index (κ3) is 4.09. The highest BCUT2D eigenvalue weighted by Crippen LogP contribution is 2.41. The number of methoxy groups -OCH3 is 1. The van der Waals surface area contributed by atoms with E-state index in [1.165, 1.54) is 19.4 Å². The summed E-state index contributed by atoms with van der Waals surface area (Å²) in [6.45, 7) is 3.94. The number of carbonyl (C=O) groups is 1. The summed E-state index contributed by atoms with van der Waals surface area (Å²) in [7, 11) is -2.45. The Labute approximate surface area is 175 Å². The predicted octanol–water partition coefficient (Wildman–Crippen LogP) is 2.26. The maximum absolute atomic E-state index is 13.4. The van der Waals surface area contributed by atoms with Crippen LogP contribution in [0, 0.1) is 0 Å². The minimum absolute atomic E-state index is 0.0509. The standard InChI is InChI=1S/C19H23ClN4O4S/c1-12(2)13-6-4-5-7-14(13)19(10-24(11-19)29(21,26)27)18(25)23-15-9-22-17(20)8-16(15)28-3/h4-9,12H,10-11H2,1-3H3,(H,23,25)(H2,21,26,27). The summed E-state index contributed by atoms with van der Waals surface area (Å²) in [6.07, 6.45) is 1.40. The lowest BCUT2D eigenvalue weighted by atomic mass is 9.71. The van der Waals surface area contributed by atoms with Crippen LogP contribution in [-0.4, -0.2) is 43.8 Å². The molecule has 8 nitrogen and oxygen atoms in total. The van der Waals surface area contributed by atoms with Crippen molar-refractivity contribution in [2.75, 3.05) is 25.5 Å². The van der Waals surface area contributed by atoms with Gasteiger partial charge in [0.1, 0.15) is 22.0 Å². The maximum Gasteiger partial charge on any atom is 0.276 e. The van der Waals surface area contributed by atoms with E-state index in [1.807, 2.05) is 38.1 Å². The molecule has 10 heteroatoms. The molecule has 1 aliphatic rings. The third-order valence-electron chi connectivity index (χ3n) is 5.09. The van der Waals surface area contributed by atoms with Gasteiger partial charge in [-0.15, -0.1) is 0 Å². The molecule has 1 fully saturated rings. The summed E-state index contributed by atoms with van der Waals surface area (Å²) in [4.78, 5) is 17.4. The molecule has 2 heterocycles. The number of anilines is 1. The quantitative estimate of drug-likeness (QED) is 0.671. The highest BCUT2D eigenvalue weighted by atomic mass is 35.5. The first-order chi connectivity index (χ1) is 13.6. The summed E-state index contributed by atoms with van der Waals surface area (Å²) in [5, 5.41) is 8.32. The number of rotatable bonds is 6. The van der Waals surface area contributed by atoms with Crippen LogP contribution in [0.5, 0.6) is 5.75 Å². The fourth-order valence-corrected chi connectivity index (χ4v) is 4.47. The van der Waals surface area contributed by atoms with Gasteiger partial charge < -0.3 is 10.1 Å². The second kappa shape index (κ2) is 7.91. The first kappa shape index (κ1) is 21.5. The molecule has 0 radical (unpaired) electrons. The summed E-state index contributed by atoms with van der Waals surface area (Å²) in [5.74, 6) is 0.132. The van der Waals surface area contributed by atoms with Crippen molar-refractivity contribution in [2.45, 2.75) is 25.2 Å². The number of ether oxygens (including phenoxy) is 1. The lowest BCUT2D eigenvalue weighted by Crippen LogP contribution is -2.67. The van der Waals surface area contributed by atoms with Gasteiger partial charge in [0.2, 0.25) is 5.91 Å². The van der Waals surface area contributed by atoms with Crippen molar-refractivity contribution in [3.8, 4) is 5.75 Å². The van der Waals surface area contributed by atoms with Crippen LogP contribution < -0.4 is 15.2 Å². The van der Waals surface area contributed by atoms with Crippen molar-refractivity contribution in [2.24, 2.45) is 5.14 Å². The topological polar surface area (TPSA) is 115 Å². The molecule has 0 bridgehead atoms. The van der Waals surface area contributed by atoms with Crippen LogP contribution in [0.1, 0.15) is 30.9 Å².